The molecule has 0 fully saturated rings. The Kier molecular flexibility index (Phi) is 5.03. The van der Waals surface area contributed by atoms with Crippen molar-refractivity contribution >= 4 is 12.0 Å². The van der Waals surface area contributed by atoms with Crippen molar-refractivity contribution in [1.82, 2.24) is 5.32 Å². The van der Waals surface area contributed by atoms with E-state index in [2.05, 4.69) is 64.2 Å². The minimum absolute atomic E-state index is 0.0346. The molecule has 0 heterocycles. The third-order valence-corrected chi connectivity index (χ3v) is 5.22. The van der Waals surface area contributed by atoms with Gasteiger partial charge in [0, 0.05) is 13.5 Å². The third kappa shape index (κ3) is 4.04. The molecule has 1 aromatic rings. The van der Waals surface area contributed by atoms with Crippen molar-refractivity contribution in [2.45, 2.75) is 71.6 Å². The summed E-state index contributed by atoms with van der Waals surface area (Å²) in [6.45, 7) is 13.9. The SMILES string of the molecule is CC(=O)NCCC=Cc1cc2c(cc1C)C(C)(C)CCC2(C)C. The van der Waals surface area contributed by atoms with Crippen molar-refractivity contribution in [3.63, 3.8) is 0 Å². The highest BCUT2D eigenvalue weighted by molar-refractivity contribution is 5.72. The number of fused-ring (bicyclic) bond motifs is 1. The highest BCUT2D eigenvalue weighted by atomic mass is 16.1. The maximum Gasteiger partial charge on any atom is 0.216 e. The molecule has 1 aliphatic carbocycles. The molecular weight excluding hydrogens is 282 g/mol. The second kappa shape index (κ2) is 6.51. The third-order valence-electron chi connectivity index (χ3n) is 5.22. The Hall–Kier alpha value is -1.57. The molecule has 0 saturated carbocycles. The number of hydrogen-bond acceptors (Lipinski definition) is 1. The van der Waals surface area contributed by atoms with Crippen molar-refractivity contribution in [1.29, 1.82) is 0 Å². The number of amides is 1. The zero-order chi connectivity index (χ0) is 17.3. The van der Waals surface area contributed by atoms with Gasteiger partial charge in [0.15, 0.2) is 0 Å². The van der Waals surface area contributed by atoms with Crippen molar-refractivity contribution in [3.05, 3.63) is 40.5 Å². The van der Waals surface area contributed by atoms with Crippen LogP contribution in [-0.4, -0.2) is 12.5 Å². The molecule has 0 aliphatic heterocycles. The second-order valence-corrected chi connectivity index (χ2v) is 8.20. The lowest BCUT2D eigenvalue weighted by atomic mass is 9.62. The molecule has 0 spiro atoms. The topological polar surface area (TPSA) is 29.1 Å². The summed E-state index contributed by atoms with van der Waals surface area (Å²) in [5.41, 5.74) is 6.17. The van der Waals surface area contributed by atoms with Crippen molar-refractivity contribution in [3.8, 4) is 0 Å². The predicted octanol–water partition coefficient (Wildman–Crippen LogP) is 4.88. The van der Waals surface area contributed by atoms with Crippen LogP contribution in [0.5, 0.6) is 0 Å². The van der Waals surface area contributed by atoms with E-state index in [9.17, 15) is 4.79 Å². The number of hydrogen-bond donors (Lipinski definition) is 1. The lowest BCUT2D eigenvalue weighted by molar-refractivity contribution is -0.118. The van der Waals surface area contributed by atoms with E-state index in [-0.39, 0.29) is 16.7 Å². The Bertz CT molecular complexity index is 623. The Morgan fingerprint density at radius 1 is 1.13 bits per heavy atom. The molecule has 0 unspecified atom stereocenters. The first-order valence-corrected chi connectivity index (χ1v) is 8.70. The highest BCUT2D eigenvalue weighted by Gasteiger charge is 2.37. The van der Waals surface area contributed by atoms with Gasteiger partial charge in [-0.15, -0.1) is 0 Å². The molecular formula is C21H31NO. The molecule has 1 aromatic carbocycles. The van der Waals surface area contributed by atoms with Crippen LogP contribution in [0.3, 0.4) is 0 Å². The van der Waals surface area contributed by atoms with Crippen LogP contribution in [0.1, 0.15) is 76.1 Å². The predicted molar refractivity (Wildman–Crippen MR) is 98.8 cm³/mol. The molecule has 0 aromatic heterocycles. The maximum atomic E-state index is 10.9. The Morgan fingerprint density at radius 3 is 2.26 bits per heavy atom. The zero-order valence-electron chi connectivity index (χ0n) is 15.5. The molecule has 0 saturated heterocycles. The normalized spacial score (nSPS) is 18.7. The summed E-state index contributed by atoms with van der Waals surface area (Å²) in [6.07, 6.45) is 7.71. The molecule has 0 atom stereocenters. The lowest BCUT2D eigenvalue weighted by Gasteiger charge is -2.42. The van der Waals surface area contributed by atoms with Crippen LogP contribution < -0.4 is 5.32 Å². The fourth-order valence-corrected chi connectivity index (χ4v) is 3.46. The molecule has 2 rings (SSSR count). The van der Waals surface area contributed by atoms with Crippen LogP contribution in [0.2, 0.25) is 0 Å². The number of nitrogens with one attached hydrogen (secondary N) is 1. The van der Waals surface area contributed by atoms with E-state index in [1.54, 1.807) is 6.92 Å². The average molecular weight is 313 g/mol. The highest BCUT2D eigenvalue weighted by Crippen LogP contribution is 2.46. The fraction of sp³-hybridized carbons (Fsp3) is 0.571. The van der Waals surface area contributed by atoms with Crippen LogP contribution in [0.15, 0.2) is 18.2 Å². The number of benzene rings is 1. The minimum atomic E-state index is 0.0346. The van der Waals surface area contributed by atoms with Gasteiger partial charge in [0.2, 0.25) is 5.91 Å². The number of aryl methyl sites for hydroxylation is 1. The first kappa shape index (κ1) is 17.8. The summed E-state index contributed by atoms with van der Waals surface area (Å²) >= 11 is 0. The van der Waals surface area contributed by atoms with Crippen LogP contribution in [0.25, 0.3) is 6.08 Å². The summed E-state index contributed by atoms with van der Waals surface area (Å²) in [5.74, 6) is 0.0346. The molecule has 23 heavy (non-hydrogen) atoms. The van der Waals surface area contributed by atoms with E-state index in [0.29, 0.717) is 6.54 Å². The van der Waals surface area contributed by atoms with Gasteiger partial charge < -0.3 is 5.32 Å². The molecule has 2 nitrogen and oxygen atoms in total. The van der Waals surface area contributed by atoms with Crippen molar-refractivity contribution in [2.24, 2.45) is 0 Å². The molecule has 2 heteroatoms. The number of carbonyl (C=O) groups excluding carboxylic acids is 1. The zero-order valence-corrected chi connectivity index (χ0v) is 15.5. The molecule has 126 valence electrons. The molecule has 0 bridgehead atoms. The van der Waals surface area contributed by atoms with E-state index in [1.807, 2.05) is 0 Å². The van der Waals surface area contributed by atoms with Gasteiger partial charge in [-0.2, -0.15) is 0 Å². The summed E-state index contributed by atoms with van der Waals surface area (Å²) in [6, 6.07) is 4.78. The largest absolute Gasteiger partial charge is 0.356 e. The Balaban J connectivity index is 2.27. The summed E-state index contributed by atoms with van der Waals surface area (Å²) in [5, 5.41) is 2.83. The standard InChI is InChI=1S/C21H31NO/c1-15-13-18-19(21(5,6)11-10-20(18,3)4)14-17(15)9-7-8-12-22-16(2)23/h7,9,13-14H,8,10-12H2,1-6H3,(H,22,23). The fourth-order valence-electron chi connectivity index (χ4n) is 3.46. The van der Waals surface area contributed by atoms with E-state index in [1.165, 1.54) is 35.1 Å². The average Bonchev–Trinajstić information content (AvgIpc) is 2.44. The first-order valence-electron chi connectivity index (χ1n) is 8.70. The van der Waals surface area contributed by atoms with Gasteiger partial charge in [-0.05, 0) is 59.3 Å². The lowest BCUT2D eigenvalue weighted by Crippen LogP contribution is -2.34. The summed E-state index contributed by atoms with van der Waals surface area (Å²) in [7, 11) is 0. The van der Waals surface area contributed by atoms with E-state index < -0.39 is 0 Å². The molecule has 1 amide bonds. The van der Waals surface area contributed by atoms with Gasteiger partial charge in [0.1, 0.15) is 0 Å². The maximum absolute atomic E-state index is 10.9. The van der Waals surface area contributed by atoms with Crippen LogP contribution in [0, 0.1) is 6.92 Å². The summed E-state index contributed by atoms with van der Waals surface area (Å²) in [4.78, 5) is 10.9. The van der Waals surface area contributed by atoms with E-state index in [4.69, 9.17) is 0 Å². The Morgan fingerprint density at radius 2 is 1.70 bits per heavy atom. The first-order chi connectivity index (χ1) is 10.6. The van der Waals surface area contributed by atoms with Crippen LogP contribution in [-0.2, 0) is 15.6 Å². The molecule has 0 radical (unpaired) electrons. The van der Waals surface area contributed by atoms with Crippen LogP contribution in [0.4, 0.5) is 0 Å². The van der Waals surface area contributed by atoms with Gasteiger partial charge in [-0.3, -0.25) is 4.79 Å². The number of rotatable bonds is 4. The van der Waals surface area contributed by atoms with E-state index >= 15 is 0 Å². The van der Waals surface area contributed by atoms with Gasteiger partial charge >= 0.3 is 0 Å². The van der Waals surface area contributed by atoms with Crippen molar-refractivity contribution in [2.75, 3.05) is 6.54 Å². The molecule has 1 N–H and O–H groups in total. The van der Waals surface area contributed by atoms with Gasteiger partial charge in [0.25, 0.3) is 0 Å². The van der Waals surface area contributed by atoms with Crippen molar-refractivity contribution < 1.29 is 4.79 Å². The second-order valence-electron chi connectivity index (χ2n) is 8.20. The smallest absolute Gasteiger partial charge is 0.216 e. The number of carbonyl (C=O) groups is 1. The van der Waals surface area contributed by atoms with Gasteiger partial charge in [0.05, 0.1) is 0 Å². The Labute approximate surface area is 141 Å². The molecule has 1 aliphatic rings. The van der Waals surface area contributed by atoms with Crippen LogP contribution >= 0.6 is 0 Å². The van der Waals surface area contributed by atoms with Gasteiger partial charge in [-0.1, -0.05) is 52.0 Å². The quantitative estimate of drug-likeness (QED) is 0.788. The van der Waals surface area contributed by atoms with E-state index in [0.717, 1.165) is 6.42 Å². The summed E-state index contributed by atoms with van der Waals surface area (Å²) < 4.78 is 0. The monoisotopic (exact) mass is 313 g/mol. The minimum Gasteiger partial charge on any atom is -0.356 e. The van der Waals surface area contributed by atoms with Gasteiger partial charge in [-0.25, -0.2) is 0 Å².